The van der Waals surface area contributed by atoms with E-state index in [2.05, 4.69) is 58.8 Å². The second kappa shape index (κ2) is 8.41. The van der Waals surface area contributed by atoms with Crippen LogP contribution in [0.4, 0.5) is 11.4 Å². The van der Waals surface area contributed by atoms with Crippen molar-refractivity contribution in [3.05, 3.63) is 53.3 Å². The Morgan fingerprint density at radius 1 is 0.897 bits per heavy atom. The lowest BCUT2D eigenvalue weighted by Crippen LogP contribution is -2.47. The van der Waals surface area contributed by atoms with Crippen LogP contribution in [0.3, 0.4) is 0 Å². The van der Waals surface area contributed by atoms with Gasteiger partial charge in [0.25, 0.3) is 5.91 Å². The highest BCUT2D eigenvalue weighted by molar-refractivity contribution is 5.94. The lowest BCUT2D eigenvalue weighted by Gasteiger charge is -2.38. The van der Waals surface area contributed by atoms with E-state index < -0.39 is 0 Å². The molecule has 2 aliphatic rings. The van der Waals surface area contributed by atoms with Gasteiger partial charge in [-0.15, -0.1) is 0 Å². The molecule has 29 heavy (non-hydrogen) atoms. The van der Waals surface area contributed by atoms with Crippen molar-refractivity contribution in [3.63, 3.8) is 0 Å². The zero-order valence-electron chi connectivity index (χ0n) is 17.8. The van der Waals surface area contributed by atoms with Crippen molar-refractivity contribution in [3.8, 4) is 0 Å². The molecular formula is C23H31N5O. The van der Waals surface area contributed by atoms with Gasteiger partial charge in [0, 0.05) is 64.2 Å². The van der Waals surface area contributed by atoms with Gasteiger partial charge in [0.2, 0.25) is 0 Å². The molecule has 6 heteroatoms. The fraction of sp³-hybridized carbons (Fsp3) is 0.478. The van der Waals surface area contributed by atoms with Gasteiger partial charge < -0.3 is 19.6 Å². The first-order chi connectivity index (χ1) is 14.0. The number of piperazine rings is 2. The highest BCUT2D eigenvalue weighted by atomic mass is 16.2. The summed E-state index contributed by atoms with van der Waals surface area (Å²) < 4.78 is 0. The van der Waals surface area contributed by atoms with Gasteiger partial charge in [-0.05, 0) is 44.2 Å². The summed E-state index contributed by atoms with van der Waals surface area (Å²) in [6.45, 7) is 11.6. The molecule has 0 aliphatic carbocycles. The molecule has 4 rings (SSSR count). The normalized spacial score (nSPS) is 18.2. The Bertz CT molecular complexity index is 867. The molecule has 2 aliphatic heterocycles. The van der Waals surface area contributed by atoms with Gasteiger partial charge in [-0.1, -0.05) is 12.1 Å². The van der Waals surface area contributed by atoms with Crippen LogP contribution in [0.2, 0.25) is 0 Å². The summed E-state index contributed by atoms with van der Waals surface area (Å²) in [6.07, 6.45) is 3.59. The number of aromatic nitrogens is 1. The molecule has 1 aromatic heterocycles. The largest absolute Gasteiger partial charge is 0.368 e. The fourth-order valence-electron chi connectivity index (χ4n) is 4.19. The predicted molar refractivity (Wildman–Crippen MR) is 118 cm³/mol. The Morgan fingerprint density at radius 3 is 2.31 bits per heavy atom. The van der Waals surface area contributed by atoms with E-state index in [1.807, 2.05) is 17.2 Å². The van der Waals surface area contributed by atoms with Gasteiger partial charge in [-0.2, -0.15) is 0 Å². The first kappa shape index (κ1) is 19.7. The summed E-state index contributed by atoms with van der Waals surface area (Å²) in [6, 6.07) is 8.54. The van der Waals surface area contributed by atoms with E-state index in [9.17, 15) is 4.79 Å². The summed E-state index contributed by atoms with van der Waals surface area (Å²) in [5.74, 6) is 0.0986. The van der Waals surface area contributed by atoms with Crippen LogP contribution < -0.4 is 9.80 Å². The van der Waals surface area contributed by atoms with E-state index >= 15 is 0 Å². The van der Waals surface area contributed by atoms with Crippen molar-refractivity contribution in [2.45, 2.75) is 13.8 Å². The van der Waals surface area contributed by atoms with Crippen molar-refractivity contribution >= 4 is 17.3 Å². The summed E-state index contributed by atoms with van der Waals surface area (Å²) in [5.41, 5.74) is 5.78. The molecule has 2 aromatic rings. The minimum absolute atomic E-state index is 0.0986. The average molecular weight is 394 g/mol. The van der Waals surface area contributed by atoms with Gasteiger partial charge in [-0.3, -0.25) is 9.78 Å². The molecule has 0 saturated carbocycles. The Kier molecular flexibility index (Phi) is 5.72. The average Bonchev–Trinajstić information content (AvgIpc) is 2.76. The number of likely N-dealkylation sites (N-methyl/N-ethyl adjacent to an activating group) is 1. The standard InChI is InChI=1S/C23H31N5O/c1-18-5-4-6-22(19(18)2)27-13-11-26(12-14-27)21-15-20(16-24-17-21)23(29)28-9-7-25(3)8-10-28/h4-6,15-17H,7-14H2,1-3H3. The quantitative estimate of drug-likeness (QED) is 0.801. The fourth-order valence-corrected chi connectivity index (χ4v) is 4.19. The Labute approximate surface area is 173 Å². The Balaban J connectivity index is 1.42. The van der Waals surface area contributed by atoms with Crippen LogP contribution in [0, 0.1) is 13.8 Å². The number of carbonyl (C=O) groups excluding carboxylic acids is 1. The molecule has 3 heterocycles. The van der Waals surface area contributed by atoms with Crippen molar-refractivity contribution in [1.82, 2.24) is 14.8 Å². The van der Waals surface area contributed by atoms with Crippen LogP contribution in [0.1, 0.15) is 21.5 Å². The maximum Gasteiger partial charge on any atom is 0.255 e. The number of rotatable bonds is 3. The van der Waals surface area contributed by atoms with Crippen molar-refractivity contribution in [2.24, 2.45) is 0 Å². The number of amides is 1. The number of carbonyl (C=O) groups is 1. The van der Waals surface area contributed by atoms with Gasteiger partial charge in [0.1, 0.15) is 0 Å². The smallest absolute Gasteiger partial charge is 0.255 e. The zero-order valence-corrected chi connectivity index (χ0v) is 17.8. The molecule has 0 N–H and O–H groups in total. The minimum Gasteiger partial charge on any atom is -0.368 e. The lowest BCUT2D eigenvalue weighted by molar-refractivity contribution is 0.0663. The number of hydrogen-bond donors (Lipinski definition) is 0. The molecule has 154 valence electrons. The SMILES string of the molecule is Cc1cccc(N2CCN(c3cncc(C(=O)N4CCN(C)CC4)c3)CC2)c1C. The number of anilines is 2. The predicted octanol–water partition coefficient (Wildman–Crippen LogP) is 2.41. The molecule has 0 spiro atoms. The van der Waals surface area contributed by atoms with Gasteiger partial charge in [0.15, 0.2) is 0 Å². The molecule has 1 aromatic carbocycles. The molecule has 2 saturated heterocycles. The van der Waals surface area contributed by atoms with E-state index in [0.717, 1.165) is 58.0 Å². The third-order valence-corrected chi connectivity index (χ3v) is 6.32. The van der Waals surface area contributed by atoms with Crippen molar-refractivity contribution in [2.75, 3.05) is 69.2 Å². The van der Waals surface area contributed by atoms with E-state index in [4.69, 9.17) is 0 Å². The third kappa shape index (κ3) is 4.22. The molecule has 0 atom stereocenters. The van der Waals surface area contributed by atoms with Gasteiger partial charge >= 0.3 is 0 Å². The highest BCUT2D eigenvalue weighted by Gasteiger charge is 2.23. The second-order valence-corrected chi connectivity index (χ2v) is 8.22. The Morgan fingerprint density at radius 2 is 1.59 bits per heavy atom. The van der Waals surface area contributed by atoms with E-state index in [0.29, 0.717) is 5.56 Å². The minimum atomic E-state index is 0.0986. The summed E-state index contributed by atoms with van der Waals surface area (Å²) in [4.78, 5) is 26.3. The van der Waals surface area contributed by atoms with Crippen LogP contribution in [0.5, 0.6) is 0 Å². The first-order valence-electron chi connectivity index (χ1n) is 10.5. The molecule has 6 nitrogen and oxygen atoms in total. The Hall–Kier alpha value is -2.60. The molecule has 2 fully saturated rings. The number of benzene rings is 1. The molecule has 0 bridgehead atoms. The van der Waals surface area contributed by atoms with E-state index in [1.54, 1.807) is 6.20 Å². The van der Waals surface area contributed by atoms with Crippen LogP contribution >= 0.6 is 0 Å². The van der Waals surface area contributed by atoms with Crippen molar-refractivity contribution in [1.29, 1.82) is 0 Å². The highest BCUT2D eigenvalue weighted by Crippen LogP contribution is 2.25. The van der Waals surface area contributed by atoms with E-state index in [1.165, 1.54) is 16.8 Å². The maximum atomic E-state index is 12.9. The topological polar surface area (TPSA) is 42.9 Å². The molecular weight excluding hydrogens is 362 g/mol. The number of aryl methyl sites for hydroxylation is 1. The van der Waals surface area contributed by atoms with Crippen LogP contribution in [0.15, 0.2) is 36.7 Å². The third-order valence-electron chi connectivity index (χ3n) is 6.32. The lowest BCUT2D eigenvalue weighted by atomic mass is 10.1. The van der Waals surface area contributed by atoms with Crippen LogP contribution in [-0.2, 0) is 0 Å². The summed E-state index contributed by atoms with van der Waals surface area (Å²) in [5, 5.41) is 0. The van der Waals surface area contributed by atoms with Gasteiger partial charge in [-0.25, -0.2) is 0 Å². The number of hydrogen-bond acceptors (Lipinski definition) is 5. The molecule has 0 radical (unpaired) electrons. The second-order valence-electron chi connectivity index (χ2n) is 8.22. The summed E-state index contributed by atoms with van der Waals surface area (Å²) >= 11 is 0. The number of nitrogens with zero attached hydrogens (tertiary/aromatic N) is 5. The zero-order chi connectivity index (χ0) is 20.4. The van der Waals surface area contributed by atoms with Crippen LogP contribution in [-0.4, -0.2) is 80.1 Å². The molecule has 1 amide bonds. The number of pyridine rings is 1. The first-order valence-corrected chi connectivity index (χ1v) is 10.5. The maximum absolute atomic E-state index is 12.9. The monoisotopic (exact) mass is 393 g/mol. The van der Waals surface area contributed by atoms with Crippen molar-refractivity contribution < 1.29 is 4.79 Å². The van der Waals surface area contributed by atoms with E-state index in [-0.39, 0.29) is 5.91 Å². The summed E-state index contributed by atoms with van der Waals surface area (Å²) in [7, 11) is 2.10. The molecule has 0 unspecified atom stereocenters. The van der Waals surface area contributed by atoms with Gasteiger partial charge in [0.05, 0.1) is 17.4 Å². The van der Waals surface area contributed by atoms with Crippen LogP contribution in [0.25, 0.3) is 0 Å².